The zero-order valence-corrected chi connectivity index (χ0v) is 15.4. The Hall–Kier alpha value is -3.24. The molecule has 0 aliphatic carbocycles. The minimum atomic E-state index is -4.52. The first-order valence-electron chi connectivity index (χ1n) is 9.02. The van der Waals surface area contributed by atoms with Gasteiger partial charge in [0, 0.05) is 12.1 Å². The molecule has 1 aromatic carbocycles. The van der Waals surface area contributed by atoms with E-state index in [1.807, 2.05) is 0 Å². The summed E-state index contributed by atoms with van der Waals surface area (Å²) in [4.78, 5) is 33.2. The number of fused-ring (bicyclic) bond motifs is 1. The maximum Gasteiger partial charge on any atom is 0.416 e. The van der Waals surface area contributed by atoms with E-state index in [0.717, 1.165) is 18.6 Å². The topological polar surface area (TPSA) is 96.8 Å². The number of benzene rings is 1. The zero-order chi connectivity index (χ0) is 20.8. The van der Waals surface area contributed by atoms with Gasteiger partial charge in [-0.2, -0.15) is 13.2 Å². The number of aryl methyl sites for hydroxylation is 1. The number of hydrogen-bond donors (Lipinski definition) is 1. The van der Waals surface area contributed by atoms with Gasteiger partial charge in [0.15, 0.2) is 11.2 Å². The summed E-state index contributed by atoms with van der Waals surface area (Å²) in [7, 11) is 0. The lowest BCUT2D eigenvalue weighted by Crippen LogP contribution is -2.38. The number of carbonyl (C=O) groups excluding carboxylic acids is 1. The van der Waals surface area contributed by atoms with Gasteiger partial charge >= 0.3 is 6.18 Å². The van der Waals surface area contributed by atoms with Crippen molar-refractivity contribution in [2.24, 2.45) is 0 Å². The monoisotopic (exact) mass is 406 g/mol. The Kier molecular flexibility index (Phi) is 4.59. The summed E-state index contributed by atoms with van der Waals surface area (Å²) in [5.41, 5.74) is -0.864. The number of alkyl halides is 3. The Morgan fingerprint density at radius 3 is 2.90 bits per heavy atom. The van der Waals surface area contributed by atoms with Gasteiger partial charge in [-0.25, -0.2) is 9.67 Å². The highest BCUT2D eigenvalue weighted by atomic mass is 19.4. The van der Waals surface area contributed by atoms with Gasteiger partial charge in [-0.3, -0.25) is 9.59 Å². The summed E-state index contributed by atoms with van der Waals surface area (Å²) >= 11 is 0. The Morgan fingerprint density at radius 1 is 1.34 bits per heavy atom. The Balaban J connectivity index is 1.60. The summed E-state index contributed by atoms with van der Waals surface area (Å²) in [5, 5.41) is 7.82. The highest BCUT2D eigenvalue weighted by Gasteiger charge is 2.34. The molecule has 11 heteroatoms. The molecule has 1 N–H and O–H groups in total. The maximum absolute atomic E-state index is 13.0. The van der Waals surface area contributed by atoms with Gasteiger partial charge < -0.3 is 9.88 Å². The van der Waals surface area contributed by atoms with Gasteiger partial charge in [0.1, 0.15) is 5.82 Å². The lowest BCUT2D eigenvalue weighted by atomic mass is 10.1. The molecule has 8 nitrogen and oxygen atoms in total. The summed E-state index contributed by atoms with van der Waals surface area (Å²) in [6, 6.07) is 4.12. The molecule has 0 bridgehead atoms. The number of aromatic nitrogens is 5. The predicted molar refractivity (Wildman–Crippen MR) is 96.2 cm³/mol. The molecule has 3 heterocycles. The van der Waals surface area contributed by atoms with E-state index >= 15 is 0 Å². The van der Waals surface area contributed by atoms with Gasteiger partial charge in [0.25, 0.3) is 11.5 Å². The van der Waals surface area contributed by atoms with Crippen LogP contribution >= 0.6 is 0 Å². The molecule has 2 aromatic heterocycles. The fourth-order valence-corrected chi connectivity index (χ4v) is 3.59. The Morgan fingerprint density at radius 2 is 2.14 bits per heavy atom. The van der Waals surface area contributed by atoms with Gasteiger partial charge in [-0.1, -0.05) is 11.3 Å². The first kappa shape index (κ1) is 19.1. The number of amides is 1. The van der Waals surface area contributed by atoms with Crippen LogP contribution in [0.2, 0.25) is 0 Å². The van der Waals surface area contributed by atoms with E-state index in [1.54, 1.807) is 11.8 Å². The van der Waals surface area contributed by atoms with E-state index in [4.69, 9.17) is 0 Å². The average Bonchev–Trinajstić information content (AvgIpc) is 3.28. The quantitative estimate of drug-likeness (QED) is 0.719. The summed E-state index contributed by atoms with van der Waals surface area (Å²) in [6.07, 6.45) is -3.14. The first-order chi connectivity index (χ1) is 13.7. The number of halogens is 3. The third kappa shape index (κ3) is 3.59. The molecule has 1 aliphatic rings. The molecule has 1 fully saturated rings. The average molecular weight is 406 g/mol. The fraction of sp³-hybridized carbons (Fsp3) is 0.389. The normalized spacial score (nSPS) is 17.2. The van der Waals surface area contributed by atoms with E-state index in [0.29, 0.717) is 24.4 Å². The van der Waals surface area contributed by atoms with Crippen LogP contribution in [-0.4, -0.2) is 48.4 Å². The highest BCUT2D eigenvalue weighted by molar-refractivity contribution is 5.94. The zero-order valence-electron chi connectivity index (χ0n) is 15.4. The maximum atomic E-state index is 13.0. The van der Waals surface area contributed by atoms with E-state index in [2.05, 4.69) is 20.3 Å². The number of rotatable bonds is 3. The SMILES string of the molecule is Cc1nc2c(nnn2C[C@H]2CCCN2C(=O)c2cccc(C(F)(F)F)c2)c(=O)[nH]1. The van der Waals surface area contributed by atoms with Crippen LogP contribution < -0.4 is 5.56 Å². The van der Waals surface area contributed by atoms with Gasteiger partial charge in [-0.05, 0) is 38.0 Å². The van der Waals surface area contributed by atoms with Crippen LogP contribution in [0.25, 0.3) is 11.2 Å². The minimum Gasteiger partial charge on any atom is -0.334 e. The smallest absolute Gasteiger partial charge is 0.334 e. The molecular formula is C18H17F3N6O2. The molecule has 0 unspecified atom stereocenters. The van der Waals surface area contributed by atoms with Crippen molar-refractivity contribution >= 4 is 17.1 Å². The second kappa shape index (κ2) is 6.98. The third-order valence-electron chi connectivity index (χ3n) is 4.95. The lowest BCUT2D eigenvalue weighted by Gasteiger charge is -2.25. The number of aromatic amines is 1. The summed E-state index contributed by atoms with van der Waals surface area (Å²) in [5.74, 6) is -0.0561. The molecule has 0 spiro atoms. The van der Waals surface area contributed by atoms with E-state index in [1.165, 1.54) is 16.8 Å². The van der Waals surface area contributed by atoms with Crippen molar-refractivity contribution in [2.45, 2.75) is 38.5 Å². The molecule has 0 radical (unpaired) electrons. The number of hydrogen-bond acceptors (Lipinski definition) is 5. The molecule has 29 heavy (non-hydrogen) atoms. The van der Waals surface area contributed by atoms with Gasteiger partial charge in [0.2, 0.25) is 0 Å². The van der Waals surface area contributed by atoms with Crippen LogP contribution in [0, 0.1) is 6.92 Å². The van der Waals surface area contributed by atoms with Crippen molar-refractivity contribution in [1.29, 1.82) is 0 Å². The number of likely N-dealkylation sites (tertiary alicyclic amines) is 1. The summed E-state index contributed by atoms with van der Waals surface area (Å²) < 4.78 is 40.4. The van der Waals surface area contributed by atoms with Crippen LogP contribution in [0.4, 0.5) is 13.2 Å². The van der Waals surface area contributed by atoms with Crippen molar-refractivity contribution in [3.63, 3.8) is 0 Å². The second-order valence-corrected chi connectivity index (χ2v) is 6.97. The highest BCUT2D eigenvalue weighted by Crippen LogP contribution is 2.30. The van der Waals surface area contributed by atoms with Crippen molar-refractivity contribution in [3.8, 4) is 0 Å². The van der Waals surface area contributed by atoms with Crippen LogP contribution in [0.15, 0.2) is 29.1 Å². The number of nitrogens with zero attached hydrogens (tertiary/aromatic N) is 5. The van der Waals surface area contributed by atoms with Gasteiger partial charge in [0.05, 0.1) is 18.2 Å². The first-order valence-corrected chi connectivity index (χ1v) is 9.02. The van der Waals surface area contributed by atoms with Crippen LogP contribution in [0.1, 0.15) is 34.6 Å². The van der Waals surface area contributed by atoms with Gasteiger partial charge in [-0.15, -0.1) is 5.10 Å². The van der Waals surface area contributed by atoms with Crippen LogP contribution in [0.5, 0.6) is 0 Å². The Bertz CT molecular complexity index is 1140. The second-order valence-electron chi connectivity index (χ2n) is 6.97. The van der Waals surface area contributed by atoms with Crippen LogP contribution in [-0.2, 0) is 12.7 Å². The van der Waals surface area contributed by atoms with E-state index in [-0.39, 0.29) is 23.7 Å². The third-order valence-corrected chi connectivity index (χ3v) is 4.95. The molecule has 152 valence electrons. The minimum absolute atomic E-state index is 0.0133. The molecule has 1 saturated heterocycles. The van der Waals surface area contributed by atoms with Crippen molar-refractivity contribution < 1.29 is 18.0 Å². The molecule has 3 aromatic rings. The largest absolute Gasteiger partial charge is 0.416 e. The molecular weight excluding hydrogens is 389 g/mol. The van der Waals surface area contributed by atoms with Crippen molar-refractivity contribution in [2.75, 3.05) is 6.54 Å². The van der Waals surface area contributed by atoms with E-state index in [9.17, 15) is 22.8 Å². The molecule has 1 aliphatic heterocycles. The molecule has 1 atom stereocenters. The molecule has 1 amide bonds. The number of carbonyl (C=O) groups is 1. The fourth-order valence-electron chi connectivity index (χ4n) is 3.59. The number of H-pyrrole nitrogens is 1. The number of nitrogens with one attached hydrogen (secondary N) is 1. The van der Waals surface area contributed by atoms with Crippen molar-refractivity contribution in [1.82, 2.24) is 29.9 Å². The van der Waals surface area contributed by atoms with Crippen LogP contribution in [0.3, 0.4) is 0 Å². The molecule has 0 saturated carbocycles. The standard InChI is InChI=1S/C18H17F3N6O2/c1-10-22-15-14(16(28)23-10)24-25-27(15)9-13-6-3-7-26(13)17(29)11-4-2-5-12(8-11)18(19,20)21/h2,4-5,8,13H,3,6-7,9H2,1H3,(H,22,23,28)/t13-/m1/s1. The molecule has 4 rings (SSSR count). The lowest BCUT2D eigenvalue weighted by molar-refractivity contribution is -0.137. The predicted octanol–water partition coefficient (Wildman–Crippen LogP) is 2.15. The Labute approximate surface area is 162 Å². The summed E-state index contributed by atoms with van der Waals surface area (Å²) in [6.45, 7) is 2.31. The van der Waals surface area contributed by atoms with Crippen molar-refractivity contribution in [3.05, 3.63) is 51.6 Å². The van der Waals surface area contributed by atoms with E-state index < -0.39 is 23.2 Å².